The maximum absolute atomic E-state index is 11.8. The van der Waals surface area contributed by atoms with E-state index in [0.717, 1.165) is 12.4 Å². The van der Waals surface area contributed by atoms with Crippen molar-refractivity contribution >= 4 is 23.2 Å². The molecule has 6 nitrogen and oxygen atoms in total. The zero-order chi connectivity index (χ0) is 13.8. The van der Waals surface area contributed by atoms with Crippen LogP contribution in [-0.4, -0.2) is 23.0 Å². The second-order valence-corrected chi connectivity index (χ2v) is 4.01. The predicted molar refractivity (Wildman–Crippen MR) is 70.8 cm³/mol. The van der Waals surface area contributed by atoms with Gasteiger partial charge in [0.1, 0.15) is 11.4 Å². The Morgan fingerprint density at radius 3 is 2.84 bits per heavy atom. The van der Waals surface area contributed by atoms with Gasteiger partial charge in [-0.05, 0) is 18.2 Å². The summed E-state index contributed by atoms with van der Waals surface area (Å²) in [5.41, 5.74) is 0.112. The molecule has 0 aliphatic carbocycles. The second-order valence-electron chi connectivity index (χ2n) is 3.60. The molecule has 7 heteroatoms. The van der Waals surface area contributed by atoms with Crippen LogP contribution in [0.1, 0.15) is 10.5 Å². The lowest BCUT2D eigenvalue weighted by Gasteiger charge is -2.07. The van der Waals surface area contributed by atoms with Crippen LogP contribution in [0.25, 0.3) is 0 Å². The van der Waals surface area contributed by atoms with E-state index in [0.29, 0.717) is 16.5 Å². The summed E-state index contributed by atoms with van der Waals surface area (Å²) in [6.07, 6.45) is 1.16. The molecule has 0 atom stereocenters. The summed E-state index contributed by atoms with van der Waals surface area (Å²) in [6, 6.07) is 5.92. The molecule has 19 heavy (non-hydrogen) atoms. The number of hydrogen-bond donors (Lipinski definition) is 2. The fraction of sp³-hybridized carbons (Fsp3) is 0.0833. The van der Waals surface area contributed by atoms with Crippen LogP contribution in [0, 0.1) is 0 Å². The highest BCUT2D eigenvalue weighted by Gasteiger charge is 2.09. The normalized spacial score (nSPS) is 10.0. The molecule has 2 N–H and O–H groups in total. The van der Waals surface area contributed by atoms with Crippen molar-refractivity contribution in [1.29, 1.82) is 0 Å². The number of anilines is 1. The monoisotopic (exact) mass is 279 g/mol. The lowest BCUT2D eigenvalue weighted by molar-refractivity contribution is 0.102. The fourth-order valence-electron chi connectivity index (χ4n) is 1.43. The molecule has 0 saturated heterocycles. The first-order valence-corrected chi connectivity index (χ1v) is 5.67. The molecule has 0 radical (unpaired) electrons. The number of nitrogens with one attached hydrogen (secondary N) is 2. The molecule has 0 bridgehead atoms. The quantitative estimate of drug-likeness (QED) is 0.895. The zero-order valence-corrected chi connectivity index (χ0v) is 10.7. The summed E-state index contributed by atoms with van der Waals surface area (Å²) in [5.74, 6) is 0.0151. The van der Waals surface area contributed by atoms with Gasteiger partial charge in [0, 0.05) is 11.8 Å². The molecule has 1 amide bonds. The highest BCUT2D eigenvalue weighted by molar-refractivity contribution is 6.32. The van der Waals surface area contributed by atoms with E-state index in [-0.39, 0.29) is 5.69 Å². The van der Waals surface area contributed by atoms with Gasteiger partial charge in [-0.3, -0.25) is 9.59 Å². The largest absolute Gasteiger partial charge is 0.495 e. The third-order valence-electron chi connectivity index (χ3n) is 2.32. The van der Waals surface area contributed by atoms with E-state index in [1.54, 1.807) is 18.2 Å². The van der Waals surface area contributed by atoms with Crippen LogP contribution in [0.3, 0.4) is 0 Å². The number of carbonyl (C=O) groups is 1. The number of halogens is 1. The van der Waals surface area contributed by atoms with Gasteiger partial charge in [-0.15, -0.1) is 0 Å². The number of rotatable bonds is 3. The fourth-order valence-corrected chi connectivity index (χ4v) is 1.69. The number of carbonyl (C=O) groups excluding carboxylic acids is 1. The van der Waals surface area contributed by atoms with E-state index >= 15 is 0 Å². The van der Waals surface area contributed by atoms with E-state index in [1.165, 1.54) is 7.11 Å². The Hall–Kier alpha value is -2.34. The Kier molecular flexibility index (Phi) is 3.82. The number of amides is 1. The van der Waals surface area contributed by atoms with Gasteiger partial charge >= 0.3 is 0 Å². The Labute approximate surface area is 113 Å². The molecule has 0 spiro atoms. The molecule has 98 valence electrons. The Balaban J connectivity index is 2.19. The zero-order valence-electron chi connectivity index (χ0n) is 9.94. The maximum Gasteiger partial charge on any atom is 0.274 e. The van der Waals surface area contributed by atoms with Crippen LogP contribution in [0.5, 0.6) is 5.75 Å². The number of methoxy groups -OCH3 is 1. The number of hydrogen-bond acceptors (Lipinski definition) is 4. The summed E-state index contributed by atoms with van der Waals surface area (Å²) in [6.45, 7) is 0. The topological polar surface area (TPSA) is 84.1 Å². The van der Waals surface area contributed by atoms with Gasteiger partial charge in [0.05, 0.1) is 18.5 Å². The maximum atomic E-state index is 11.8. The molecule has 2 aromatic rings. The lowest BCUT2D eigenvalue weighted by Crippen LogP contribution is -2.17. The Bertz CT molecular complexity index is 669. The van der Waals surface area contributed by atoms with Gasteiger partial charge in [-0.2, -0.15) is 0 Å². The van der Waals surface area contributed by atoms with Crippen LogP contribution in [0.4, 0.5) is 5.69 Å². The first-order valence-electron chi connectivity index (χ1n) is 5.30. The van der Waals surface area contributed by atoms with Crippen molar-refractivity contribution in [3.8, 4) is 5.75 Å². The molecule has 0 aliphatic rings. The molecule has 0 saturated carbocycles. The van der Waals surface area contributed by atoms with Crippen LogP contribution in [0.2, 0.25) is 5.02 Å². The number of H-pyrrole nitrogens is 1. The minimum Gasteiger partial charge on any atom is -0.495 e. The van der Waals surface area contributed by atoms with Gasteiger partial charge in [-0.1, -0.05) is 11.6 Å². The van der Waals surface area contributed by atoms with Crippen molar-refractivity contribution < 1.29 is 9.53 Å². The summed E-state index contributed by atoms with van der Waals surface area (Å²) in [4.78, 5) is 29.0. The standard InChI is InChI=1S/C12H10ClN3O3/c1-19-10-3-2-7(4-8(10)13)16-12(18)9-5-11(17)15-6-14-9/h2-6H,1H3,(H,16,18)(H,14,15,17). The molecule has 1 aromatic carbocycles. The molecular formula is C12H10ClN3O3. The summed E-state index contributed by atoms with van der Waals surface area (Å²) >= 11 is 5.94. The first kappa shape index (κ1) is 13.1. The Morgan fingerprint density at radius 2 is 2.21 bits per heavy atom. The van der Waals surface area contributed by atoms with Crippen molar-refractivity contribution in [1.82, 2.24) is 9.97 Å². The number of aromatic nitrogens is 2. The van der Waals surface area contributed by atoms with Crippen LogP contribution in [-0.2, 0) is 0 Å². The lowest BCUT2D eigenvalue weighted by atomic mass is 10.3. The van der Waals surface area contributed by atoms with Crippen LogP contribution < -0.4 is 15.6 Å². The van der Waals surface area contributed by atoms with Gasteiger partial charge in [0.15, 0.2) is 0 Å². The Morgan fingerprint density at radius 1 is 1.42 bits per heavy atom. The SMILES string of the molecule is COc1ccc(NC(=O)c2cc(=O)[nH]cn2)cc1Cl. The van der Waals surface area contributed by atoms with Gasteiger partial charge in [-0.25, -0.2) is 4.98 Å². The number of ether oxygens (including phenoxy) is 1. The van der Waals surface area contributed by atoms with Crippen molar-refractivity contribution in [2.45, 2.75) is 0 Å². The van der Waals surface area contributed by atoms with E-state index in [2.05, 4.69) is 15.3 Å². The number of aromatic amines is 1. The van der Waals surface area contributed by atoms with E-state index in [4.69, 9.17) is 16.3 Å². The average molecular weight is 280 g/mol. The highest BCUT2D eigenvalue weighted by atomic mass is 35.5. The first-order chi connectivity index (χ1) is 9.10. The minimum atomic E-state index is -0.493. The van der Waals surface area contributed by atoms with Crippen LogP contribution >= 0.6 is 11.6 Å². The van der Waals surface area contributed by atoms with E-state index < -0.39 is 11.5 Å². The average Bonchev–Trinajstić information content (AvgIpc) is 2.39. The van der Waals surface area contributed by atoms with E-state index in [1.807, 2.05) is 0 Å². The van der Waals surface area contributed by atoms with Gasteiger partial charge < -0.3 is 15.0 Å². The predicted octanol–water partition coefficient (Wildman–Crippen LogP) is 1.68. The van der Waals surface area contributed by atoms with Crippen molar-refractivity contribution in [2.24, 2.45) is 0 Å². The smallest absolute Gasteiger partial charge is 0.274 e. The molecule has 0 unspecified atom stereocenters. The van der Waals surface area contributed by atoms with Crippen molar-refractivity contribution in [2.75, 3.05) is 12.4 Å². The van der Waals surface area contributed by atoms with Crippen molar-refractivity contribution in [3.05, 3.63) is 51.7 Å². The molecule has 0 aliphatic heterocycles. The van der Waals surface area contributed by atoms with Crippen LogP contribution in [0.15, 0.2) is 35.4 Å². The summed E-state index contributed by atoms with van der Waals surface area (Å²) < 4.78 is 5.00. The molecular weight excluding hydrogens is 270 g/mol. The summed E-state index contributed by atoms with van der Waals surface area (Å²) in [5, 5.41) is 2.96. The molecule has 2 rings (SSSR count). The third-order valence-corrected chi connectivity index (χ3v) is 2.62. The minimum absolute atomic E-state index is 0.0238. The highest BCUT2D eigenvalue weighted by Crippen LogP contribution is 2.27. The van der Waals surface area contributed by atoms with Gasteiger partial charge in [0.2, 0.25) is 0 Å². The number of benzene rings is 1. The second kappa shape index (κ2) is 5.53. The van der Waals surface area contributed by atoms with E-state index in [9.17, 15) is 9.59 Å². The molecule has 1 aromatic heterocycles. The molecule has 0 fully saturated rings. The summed E-state index contributed by atoms with van der Waals surface area (Å²) in [7, 11) is 1.50. The number of nitrogens with zero attached hydrogens (tertiary/aromatic N) is 1. The van der Waals surface area contributed by atoms with Crippen molar-refractivity contribution in [3.63, 3.8) is 0 Å². The molecule has 1 heterocycles. The third kappa shape index (κ3) is 3.11. The van der Waals surface area contributed by atoms with Gasteiger partial charge in [0.25, 0.3) is 11.5 Å².